The van der Waals surface area contributed by atoms with E-state index in [1.54, 1.807) is 25.1 Å². The summed E-state index contributed by atoms with van der Waals surface area (Å²) in [7, 11) is -3.38. The van der Waals surface area contributed by atoms with Gasteiger partial charge in [0.1, 0.15) is 5.82 Å². The summed E-state index contributed by atoms with van der Waals surface area (Å²) >= 11 is 0. The van der Waals surface area contributed by atoms with Crippen LogP contribution in [0.15, 0.2) is 24.3 Å². The molecular weight excluding hydrogens is 291 g/mol. The van der Waals surface area contributed by atoms with Gasteiger partial charge in [-0.25, -0.2) is 17.5 Å². The molecule has 1 fully saturated rings. The number of rotatable bonds is 9. The SMILES string of the molecule is CC(NS(=O)(=O)CCCCNC1CC1)c1ccccc1F. The topological polar surface area (TPSA) is 58.2 Å². The maximum absolute atomic E-state index is 13.6. The molecule has 0 bridgehead atoms. The van der Waals surface area contributed by atoms with Crippen molar-refractivity contribution in [1.82, 2.24) is 10.0 Å². The molecule has 0 saturated heterocycles. The normalized spacial score (nSPS) is 16.9. The Balaban J connectivity index is 1.75. The molecule has 0 aromatic heterocycles. The summed E-state index contributed by atoms with van der Waals surface area (Å²) in [5.74, 6) is -0.306. The fourth-order valence-corrected chi connectivity index (χ4v) is 3.60. The molecule has 0 aliphatic heterocycles. The predicted octanol–water partition coefficient (Wildman–Crippen LogP) is 2.34. The molecule has 0 heterocycles. The van der Waals surface area contributed by atoms with Crippen LogP contribution >= 0.6 is 0 Å². The zero-order valence-electron chi connectivity index (χ0n) is 12.3. The van der Waals surface area contributed by atoms with Gasteiger partial charge >= 0.3 is 0 Å². The van der Waals surface area contributed by atoms with Crippen molar-refractivity contribution in [2.45, 2.75) is 44.7 Å². The molecule has 0 radical (unpaired) electrons. The summed E-state index contributed by atoms with van der Waals surface area (Å²) in [6.45, 7) is 2.52. The monoisotopic (exact) mass is 314 g/mol. The van der Waals surface area contributed by atoms with E-state index in [4.69, 9.17) is 0 Å². The van der Waals surface area contributed by atoms with Crippen LogP contribution in [0.3, 0.4) is 0 Å². The van der Waals surface area contributed by atoms with Gasteiger partial charge in [0.05, 0.1) is 5.75 Å². The van der Waals surface area contributed by atoms with Crippen LogP contribution in [0, 0.1) is 5.82 Å². The minimum atomic E-state index is -3.38. The fourth-order valence-electron chi connectivity index (χ4n) is 2.23. The van der Waals surface area contributed by atoms with Gasteiger partial charge < -0.3 is 5.32 Å². The molecule has 1 aliphatic rings. The van der Waals surface area contributed by atoms with E-state index < -0.39 is 16.1 Å². The van der Waals surface area contributed by atoms with Crippen LogP contribution in [0.2, 0.25) is 0 Å². The molecule has 2 N–H and O–H groups in total. The molecule has 118 valence electrons. The summed E-state index contributed by atoms with van der Waals surface area (Å²) in [6, 6.07) is 6.33. The average Bonchev–Trinajstić information content (AvgIpc) is 3.22. The van der Waals surface area contributed by atoms with E-state index in [9.17, 15) is 12.8 Å². The summed E-state index contributed by atoms with van der Waals surface area (Å²) in [5, 5.41) is 3.35. The second kappa shape index (κ2) is 7.33. The van der Waals surface area contributed by atoms with Crippen molar-refractivity contribution in [3.63, 3.8) is 0 Å². The minimum Gasteiger partial charge on any atom is -0.314 e. The van der Waals surface area contributed by atoms with E-state index in [-0.39, 0.29) is 11.6 Å². The first kappa shape index (κ1) is 16.4. The van der Waals surface area contributed by atoms with Crippen LogP contribution in [0.1, 0.15) is 44.2 Å². The first-order chi connectivity index (χ1) is 9.98. The highest BCUT2D eigenvalue weighted by molar-refractivity contribution is 7.89. The third-order valence-corrected chi connectivity index (χ3v) is 5.12. The lowest BCUT2D eigenvalue weighted by Gasteiger charge is -2.15. The first-order valence-electron chi connectivity index (χ1n) is 7.46. The number of benzene rings is 1. The Hall–Kier alpha value is -0.980. The number of nitrogens with one attached hydrogen (secondary N) is 2. The molecule has 4 nitrogen and oxygen atoms in total. The molecule has 0 spiro atoms. The summed E-state index contributed by atoms with van der Waals surface area (Å²) in [4.78, 5) is 0. The number of unbranched alkanes of at least 4 members (excludes halogenated alkanes) is 1. The van der Waals surface area contributed by atoms with Crippen molar-refractivity contribution < 1.29 is 12.8 Å². The van der Waals surface area contributed by atoms with Gasteiger partial charge in [0.2, 0.25) is 10.0 Å². The Kier molecular flexibility index (Phi) is 5.72. The first-order valence-corrected chi connectivity index (χ1v) is 9.11. The lowest BCUT2D eigenvalue weighted by atomic mass is 10.1. The smallest absolute Gasteiger partial charge is 0.212 e. The molecule has 1 saturated carbocycles. The van der Waals surface area contributed by atoms with Gasteiger partial charge in [-0.05, 0) is 45.2 Å². The molecule has 1 aliphatic carbocycles. The molecule has 21 heavy (non-hydrogen) atoms. The third kappa shape index (κ3) is 5.73. The van der Waals surface area contributed by atoms with Crippen molar-refractivity contribution in [2.75, 3.05) is 12.3 Å². The van der Waals surface area contributed by atoms with E-state index in [2.05, 4.69) is 10.0 Å². The third-order valence-electron chi connectivity index (χ3n) is 3.58. The molecule has 0 amide bonds. The van der Waals surface area contributed by atoms with Crippen LogP contribution in [0.25, 0.3) is 0 Å². The van der Waals surface area contributed by atoms with Crippen LogP contribution in [0.5, 0.6) is 0 Å². The second-order valence-corrected chi connectivity index (χ2v) is 7.49. The molecule has 1 unspecified atom stereocenters. The van der Waals surface area contributed by atoms with Crippen molar-refractivity contribution in [2.24, 2.45) is 0 Å². The largest absolute Gasteiger partial charge is 0.314 e. The van der Waals surface area contributed by atoms with Gasteiger partial charge in [0, 0.05) is 17.6 Å². The Bertz CT molecular complexity index is 559. The molecule has 1 aromatic rings. The second-order valence-electron chi connectivity index (χ2n) is 5.62. The van der Waals surface area contributed by atoms with Crippen LogP contribution in [0.4, 0.5) is 4.39 Å². The standard InChI is InChI=1S/C15H23FN2O2S/c1-12(14-6-2-3-7-15(14)16)18-21(19,20)11-5-4-10-17-13-8-9-13/h2-3,6-7,12-13,17-18H,4-5,8-11H2,1H3. The van der Waals surface area contributed by atoms with Crippen LogP contribution in [-0.4, -0.2) is 26.8 Å². The lowest BCUT2D eigenvalue weighted by molar-refractivity contribution is 0.546. The number of hydrogen-bond acceptors (Lipinski definition) is 3. The summed E-state index contributed by atoms with van der Waals surface area (Å²) in [5.41, 5.74) is 0.372. The highest BCUT2D eigenvalue weighted by Crippen LogP contribution is 2.19. The van der Waals surface area contributed by atoms with E-state index in [1.807, 2.05) is 0 Å². The van der Waals surface area contributed by atoms with E-state index in [1.165, 1.54) is 18.9 Å². The maximum Gasteiger partial charge on any atom is 0.212 e. The molecule has 1 aromatic carbocycles. The van der Waals surface area contributed by atoms with E-state index >= 15 is 0 Å². The van der Waals surface area contributed by atoms with Crippen molar-refractivity contribution in [1.29, 1.82) is 0 Å². The van der Waals surface area contributed by atoms with Gasteiger partial charge in [0.15, 0.2) is 0 Å². The molecule has 1 atom stereocenters. The van der Waals surface area contributed by atoms with Crippen molar-refractivity contribution >= 4 is 10.0 Å². The van der Waals surface area contributed by atoms with Gasteiger partial charge in [-0.3, -0.25) is 0 Å². The Morgan fingerprint density at radius 3 is 2.67 bits per heavy atom. The molecule has 2 rings (SSSR count). The maximum atomic E-state index is 13.6. The minimum absolute atomic E-state index is 0.0815. The Morgan fingerprint density at radius 1 is 1.29 bits per heavy atom. The molecule has 6 heteroatoms. The molecular formula is C15H23FN2O2S. The number of sulfonamides is 1. The quantitative estimate of drug-likeness (QED) is 0.688. The van der Waals surface area contributed by atoms with Gasteiger partial charge in [-0.15, -0.1) is 0 Å². The van der Waals surface area contributed by atoms with Crippen LogP contribution < -0.4 is 10.0 Å². The summed E-state index contributed by atoms with van der Waals surface area (Å²) < 4.78 is 40.1. The predicted molar refractivity (Wildman–Crippen MR) is 82.0 cm³/mol. The van der Waals surface area contributed by atoms with E-state index in [0.717, 1.165) is 13.0 Å². The van der Waals surface area contributed by atoms with E-state index in [0.29, 0.717) is 18.0 Å². The van der Waals surface area contributed by atoms with Crippen LogP contribution in [-0.2, 0) is 10.0 Å². The Morgan fingerprint density at radius 2 is 2.00 bits per heavy atom. The zero-order chi connectivity index (χ0) is 15.3. The number of halogens is 1. The van der Waals surface area contributed by atoms with Gasteiger partial charge in [-0.2, -0.15) is 0 Å². The highest BCUT2D eigenvalue weighted by atomic mass is 32.2. The van der Waals surface area contributed by atoms with Crippen molar-refractivity contribution in [3.05, 3.63) is 35.6 Å². The summed E-state index contributed by atoms with van der Waals surface area (Å²) in [6.07, 6.45) is 3.92. The lowest BCUT2D eigenvalue weighted by Crippen LogP contribution is -2.30. The Labute approximate surface area is 126 Å². The van der Waals surface area contributed by atoms with Gasteiger partial charge in [-0.1, -0.05) is 18.2 Å². The fraction of sp³-hybridized carbons (Fsp3) is 0.600. The highest BCUT2D eigenvalue weighted by Gasteiger charge is 2.20. The van der Waals surface area contributed by atoms with Gasteiger partial charge in [0.25, 0.3) is 0 Å². The zero-order valence-corrected chi connectivity index (χ0v) is 13.1. The van der Waals surface area contributed by atoms with Crippen molar-refractivity contribution in [3.8, 4) is 0 Å². The average molecular weight is 314 g/mol. The number of hydrogen-bond donors (Lipinski definition) is 2.